The van der Waals surface area contributed by atoms with E-state index in [1.165, 1.54) is 0 Å². The molecule has 0 aliphatic rings. The number of hydrogen-bond acceptors (Lipinski definition) is 5. The van der Waals surface area contributed by atoms with Crippen LogP contribution >= 0.6 is 0 Å². The van der Waals surface area contributed by atoms with Crippen molar-refractivity contribution in [2.45, 2.75) is 32.1 Å². The van der Waals surface area contributed by atoms with Gasteiger partial charge in [-0.1, -0.05) is 0 Å². The molecule has 1 amide bonds. The molecular formula is C9H14N2O6. The lowest BCUT2D eigenvalue weighted by Gasteiger charge is -2.09. The quantitative estimate of drug-likeness (QED) is 0.401. The highest BCUT2D eigenvalue weighted by atomic mass is 16.4. The number of carboxylic acid groups (broad SMARTS) is 2. The summed E-state index contributed by atoms with van der Waals surface area (Å²) < 4.78 is 0. The number of rotatable bonds is 9. The summed E-state index contributed by atoms with van der Waals surface area (Å²) in [5.41, 5.74) is 1.69. The fourth-order valence-corrected chi connectivity index (χ4v) is 1.30. The molecule has 0 radical (unpaired) electrons. The van der Waals surface area contributed by atoms with Crippen LogP contribution in [-0.4, -0.2) is 28.1 Å². The lowest BCUT2D eigenvalue weighted by molar-refractivity contribution is -0.143. The van der Waals surface area contributed by atoms with Crippen molar-refractivity contribution in [3.8, 4) is 0 Å². The zero-order valence-electron chi connectivity index (χ0n) is 9.09. The summed E-state index contributed by atoms with van der Waals surface area (Å²) in [6, 6.07) is 0. The highest BCUT2D eigenvalue weighted by Crippen LogP contribution is 2.15. The highest BCUT2D eigenvalue weighted by molar-refractivity contribution is 5.75. The van der Waals surface area contributed by atoms with Gasteiger partial charge in [0.15, 0.2) is 0 Å². The molecule has 0 aliphatic carbocycles. The second kappa shape index (κ2) is 8.20. The zero-order valence-corrected chi connectivity index (χ0v) is 9.09. The van der Waals surface area contributed by atoms with Crippen molar-refractivity contribution in [3.05, 3.63) is 4.91 Å². The molecule has 0 aromatic carbocycles. The fraction of sp³-hybridized carbons (Fsp3) is 0.667. The molecule has 8 nitrogen and oxygen atoms in total. The average Bonchev–Trinajstić information content (AvgIpc) is 2.22. The first kappa shape index (κ1) is 15.0. The molecule has 3 N–H and O–H groups in total. The van der Waals surface area contributed by atoms with E-state index in [0.717, 1.165) is 0 Å². The second-order valence-corrected chi connectivity index (χ2v) is 3.49. The van der Waals surface area contributed by atoms with E-state index < -0.39 is 23.8 Å². The van der Waals surface area contributed by atoms with Gasteiger partial charge < -0.3 is 10.2 Å². The number of aliphatic carboxylic acids is 2. The fourth-order valence-electron chi connectivity index (χ4n) is 1.30. The molecule has 1 atom stereocenters. The Balaban J connectivity index is 3.92. The van der Waals surface area contributed by atoms with E-state index in [1.807, 2.05) is 0 Å². The molecule has 8 heteroatoms. The Morgan fingerprint density at radius 2 is 1.76 bits per heavy atom. The molecule has 0 spiro atoms. The molecule has 0 saturated carbocycles. The van der Waals surface area contributed by atoms with Crippen molar-refractivity contribution < 1.29 is 24.6 Å². The molecule has 17 heavy (non-hydrogen) atoms. The molecule has 0 rings (SSSR count). The van der Waals surface area contributed by atoms with Gasteiger partial charge >= 0.3 is 11.9 Å². The van der Waals surface area contributed by atoms with E-state index in [0.29, 0.717) is 0 Å². The van der Waals surface area contributed by atoms with Crippen LogP contribution in [-0.2, 0) is 14.4 Å². The Hall–Kier alpha value is -1.99. The molecule has 96 valence electrons. The number of nitroso groups, excluding NO2 is 1. The van der Waals surface area contributed by atoms with Crippen LogP contribution in [0, 0.1) is 10.8 Å². The zero-order chi connectivity index (χ0) is 13.3. The number of carbonyl (C=O) groups excluding carboxylic acids is 1. The Morgan fingerprint density at radius 1 is 1.12 bits per heavy atom. The van der Waals surface area contributed by atoms with Gasteiger partial charge in [-0.15, -0.1) is 4.91 Å². The minimum Gasteiger partial charge on any atom is -0.481 e. The third-order valence-corrected chi connectivity index (χ3v) is 2.18. The normalized spacial score (nSPS) is 11.5. The van der Waals surface area contributed by atoms with Crippen LogP contribution in [0.3, 0.4) is 0 Å². The van der Waals surface area contributed by atoms with Gasteiger partial charge in [0, 0.05) is 12.8 Å². The van der Waals surface area contributed by atoms with Crippen LogP contribution in [0.15, 0.2) is 5.29 Å². The summed E-state index contributed by atoms with van der Waals surface area (Å²) in [6.45, 7) is 0. The molecule has 0 fully saturated rings. The summed E-state index contributed by atoms with van der Waals surface area (Å²) in [5.74, 6) is -3.51. The summed E-state index contributed by atoms with van der Waals surface area (Å²) >= 11 is 0. The van der Waals surface area contributed by atoms with Gasteiger partial charge in [0.2, 0.25) is 5.91 Å². The van der Waals surface area contributed by atoms with Crippen LogP contribution in [0.4, 0.5) is 0 Å². The predicted octanol–water partition coefficient (Wildman–Crippen LogP) is 0.520. The lowest BCUT2D eigenvalue weighted by atomic mass is 9.97. The number of nitrogens with zero attached hydrogens (tertiary/aromatic N) is 1. The second-order valence-electron chi connectivity index (χ2n) is 3.49. The van der Waals surface area contributed by atoms with Crippen molar-refractivity contribution in [3.63, 3.8) is 0 Å². The predicted molar refractivity (Wildman–Crippen MR) is 55.8 cm³/mol. The summed E-state index contributed by atoms with van der Waals surface area (Å²) in [4.78, 5) is 41.5. The van der Waals surface area contributed by atoms with Crippen molar-refractivity contribution in [2.75, 3.05) is 0 Å². The molecule has 0 aromatic rings. The lowest BCUT2D eigenvalue weighted by Crippen LogP contribution is -2.18. The van der Waals surface area contributed by atoms with Gasteiger partial charge in [-0.05, 0) is 19.3 Å². The SMILES string of the molecule is O=NNC(=O)CCCC(CCC(=O)O)C(=O)O. The molecule has 1 unspecified atom stereocenters. The van der Waals surface area contributed by atoms with E-state index >= 15 is 0 Å². The first-order valence-corrected chi connectivity index (χ1v) is 5.03. The average molecular weight is 246 g/mol. The van der Waals surface area contributed by atoms with Crippen LogP contribution < -0.4 is 5.43 Å². The molecular weight excluding hydrogens is 232 g/mol. The summed E-state index contributed by atoms with van der Waals surface area (Å²) in [7, 11) is 0. The van der Waals surface area contributed by atoms with Crippen molar-refractivity contribution in [1.29, 1.82) is 0 Å². The van der Waals surface area contributed by atoms with Crippen LogP contribution in [0.25, 0.3) is 0 Å². The molecule has 0 heterocycles. The van der Waals surface area contributed by atoms with Gasteiger partial charge in [-0.2, -0.15) is 0 Å². The van der Waals surface area contributed by atoms with Gasteiger partial charge in [-0.25, -0.2) is 5.43 Å². The highest BCUT2D eigenvalue weighted by Gasteiger charge is 2.18. The van der Waals surface area contributed by atoms with Crippen molar-refractivity contribution >= 4 is 17.8 Å². The standard InChI is InChI=1S/C9H14N2O6/c12-7(10-11-17)3-1-2-6(9(15)16)4-5-8(13)14/h6H,1-5H2,(H,13,14)(H,15,16)(H,10,12,17). The maximum absolute atomic E-state index is 10.8. The van der Waals surface area contributed by atoms with E-state index in [-0.39, 0.29) is 32.1 Å². The molecule has 0 aliphatic heterocycles. The maximum atomic E-state index is 10.8. The Labute approximate surface area is 96.9 Å². The number of amides is 1. The van der Waals surface area contributed by atoms with Gasteiger partial charge in [0.25, 0.3) is 0 Å². The van der Waals surface area contributed by atoms with Crippen LogP contribution in [0.1, 0.15) is 32.1 Å². The summed E-state index contributed by atoms with van der Waals surface area (Å²) in [5, 5.41) is 19.4. The van der Waals surface area contributed by atoms with Gasteiger partial charge in [0.05, 0.1) is 11.2 Å². The van der Waals surface area contributed by atoms with Crippen molar-refractivity contribution in [1.82, 2.24) is 5.43 Å². The minimum atomic E-state index is -1.08. The van der Waals surface area contributed by atoms with E-state index in [4.69, 9.17) is 10.2 Å². The van der Waals surface area contributed by atoms with Gasteiger partial charge in [-0.3, -0.25) is 14.4 Å². The van der Waals surface area contributed by atoms with E-state index in [1.54, 1.807) is 5.43 Å². The molecule has 0 aromatic heterocycles. The Kier molecular flexibility index (Phi) is 7.24. The maximum Gasteiger partial charge on any atom is 0.306 e. The third kappa shape index (κ3) is 7.88. The summed E-state index contributed by atoms with van der Waals surface area (Å²) in [6.07, 6.45) is 0.243. The Morgan fingerprint density at radius 3 is 2.24 bits per heavy atom. The first-order chi connectivity index (χ1) is 7.97. The number of carboxylic acids is 2. The van der Waals surface area contributed by atoms with Crippen LogP contribution in [0.2, 0.25) is 0 Å². The Bertz CT molecular complexity index is 304. The largest absolute Gasteiger partial charge is 0.481 e. The smallest absolute Gasteiger partial charge is 0.306 e. The topological polar surface area (TPSA) is 133 Å². The van der Waals surface area contributed by atoms with Crippen molar-refractivity contribution in [2.24, 2.45) is 11.2 Å². The third-order valence-electron chi connectivity index (χ3n) is 2.18. The monoisotopic (exact) mass is 246 g/mol. The van der Waals surface area contributed by atoms with Crippen LogP contribution in [0.5, 0.6) is 0 Å². The molecule has 0 saturated heterocycles. The molecule has 0 bridgehead atoms. The number of carbonyl (C=O) groups is 3. The first-order valence-electron chi connectivity index (χ1n) is 5.03. The minimum absolute atomic E-state index is 0.0113. The van der Waals surface area contributed by atoms with Gasteiger partial charge in [0.1, 0.15) is 0 Å². The number of nitrogens with one attached hydrogen (secondary N) is 1. The number of hydrogen-bond donors (Lipinski definition) is 3. The van der Waals surface area contributed by atoms with E-state index in [2.05, 4.69) is 5.29 Å². The van der Waals surface area contributed by atoms with E-state index in [9.17, 15) is 19.3 Å².